The summed E-state index contributed by atoms with van der Waals surface area (Å²) in [7, 11) is 0. The van der Waals surface area contributed by atoms with Gasteiger partial charge in [-0.25, -0.2) is 4.98 Å². The van der Waals surface area contributed by atoms with Crippen molar-refractivity contribution < 1.29 is 0 Å². The normalized spacial score (nSPS) is 10.1. The van der Waals surface area contributed by atoms with Gasteiger partial charge in [0.05, 0.1) is 0 Å². The summed E-state index contributed by atoms with van der Waals surface area (Å²) in [5, 5.41) is 3.72. The maximum atomic E-state index is 5.84. The van der Waals surface area contributed by atoms with E-state index >= 15 is 0 Å². The van der Waals surface area contributed by atoms with Gasteiger partial charge in [0, 0.05) is 24.1 Å². The molecule has 82 valence electrons. The molecule has 1 aromatic carbocycles. The number of benzene rings is 1. The first-order chi connectivity index (χ1) is 7.75. The fourth-order valence-electron chi connectivity index (χ4n) is 1.40. The van der Waals surface area contributed by atoms with E-state index in [2.05, 4.69) is 10.3 Å². The molecule has 0 amide bonds. The van der Waals surface area contributed by atoms with Gasteiger partial charge in [0.15, 0.2) is 0 Å². The fourth-order valence-corrected chi connectivity index (χ4v) is 1.58. The van der Waals surface area contributed by atoms with Crippen LogP contribution in [0.3, 0.4) is 0 Å². The lowest BCUT2D eigenvalue weighted by atomic mass is 10.2. The van der Waals surface area contributed by atoms with Crippen molar-refractivity contribution in [3.8, 4) is 0 Å². The summed E-state index contributed by atoms with van der Waals surface area (Å²) in [5.74, 6) is 0. The molecule has 3 nitrogen and oxygen atoms in total. The SMILES string of the molecule is Nc1ccccc1CNc1ccnc(Cl)c1. The number of rotatable bonds is 3. The Morgan fingerprint density at radius 3 is 2.81 bits per heavy atom. The zero-order valence-corrected chi connectivity index (χ0v) is 9.41. The van der Waals surface area contributed by atoms with E-state index in [-0.39, 0.29) is 0 Å². The molecule has 0 saturated heterocycles. The number of para-hydroxylation sites is 1. The van der Waals surface area contributed by atoms with Crippen LogP contribution >= 0.6 is 11.6 Å². The first-order valence-corrected chi connectivity index (χ1v) is 5.32. The van der Waals surface area contributed by atoms with E-state index in [1.807, 2.05) is 30.3 Å². The molecule has 0 aliphatic rings. The number of halogens is 1. The van der Waals surface area contributed by atoms with Gasteiger partial charge in [0.1, 0.15) is 5.15 Å². The standard InChI is InChI=1S/C12H12ClN3/c13-12-7-10(5-6-15-12)16-8-9-3-1-2-4-11(9)14/h1-7H,8,14H2,(H,15,16). The van der Waals surface area contributed by atoms with E-state index in [4.69, 9.17) is 17.3 Å². The van der Waals surface area contributed by atoms with E-state index in [1.165, 1.54) is 0 Å². The Balaban J connectivity index is 2.05. The molecule has 0 spiro atoms. The molecule has 1 heterocycles. The van der Waals surface area contributed by atoms with Gasteiger partial charge in [0.25, 0.3) is 0 Å². The summed E-state index contributed by atoms with van der Waals surface area (Å²) >= 11 is 5.78. The Morgan fingerprint density at radius 2 is 2.06 bits per heavy atom. The zero-order valence-electron chi connectivity index (χ0n) is 8.65. The number of nitrogens with one attached hydrogen (secondary N) is 1. The van der Waals surface area contributed by atoms with E-state index in [9.17, 15) is 0 Å². The highest BCUT2D eigenvalue weighted by Gasteiger charge is 1.98. The van der Waals surface area contributed by atoms with Crippen molar-refractivity contribution in [1.82, 2.24) is 4.98 Å². The van der Waals surface area contributed by atoms with Crippen LogP contribution in [0.15, 0.2) is 42.6 Å². The number of hydrogen-bond acceptors (Lipinski definition) is 3. The molecule has 0 unspecified atom stereocenters. The van der Waals surface area contributed by atoms with Gasteiger partial charge < -0.3 is 11.1 Å². The first-order valence-electron chi connectivity index (χ1n) is 4.94. The molecule has 4 heteroatoms. The highest BCUT2D eigenvalue weighted by atomic mass is 35.5. The van der Waals surface area contributed by atoms with Crippen LogP contribution in [0.4, 0.5) is 11.4 Å². The Kier molecular flexibility index (Phi) is 3.27. The van der Waals surface area contributed by atoms with Crippen molar-refractivity contribution in [2.75, 3.05) is 11.1 Å². The molecule has 0 radical (unpaired) electrons. The topological polar surface area (TPSA) is 50.9 Å². The van der Waals surface area contributed by atoms with Gasteiger partial charge in [-0.05, 0) is 23.8 Å². The first kappa shape index (κ1) is 10.8. The van der Waals surface area contributed by atoms with Crippen molar-refractivity contribution in [3.63, 3.8) is 0 Å². The molecule has 0 bridgehead atoms. The summed E-state index contributed by atoms with van der Waals surface area (Å²) < 4.78 is 0. The smallest absolute Gasteiger partial charge is 0.131 e. The lowest BCUT2D eigenvalue weighted by Gasteiger charge is -2.08. The number of aromatic nitrogens is 1. The van der Waals surface area contributed by atoms with E-state index < -0.39 is 0 Å². The molecule has 0 saturated carbocycles. The molecular formula is C12H12ClN3. The molecule has 0 aliphatic carbocycles. The summed E-state index contributed by atoms with van der Waals surface area (Å²) in [6.45, 7) is 0.674. The maximum Gasteiger partial charge on any atom is 0.131 e. The van der Waals surface area contributed by atoms with Gasteiger partial charge in [-0.3, -0.25) is 0 Å². The number of hydrogen-bond donors (Lipinski definition) is 2. The molecular weight excluding hydrogens is 222 g/mol. The number of nitrogen functional groups attached to an aromatic ring is 1. The van der Waals surface area contributed by atoms with Crippen molar-refractivity contribution in [1.29, 1.82) is 0 Å². The summed E-state index contributed by atoms with van der Waals surface area (Å²) in [5.41, 5.74) is 8.62. The van der Waals surface area contributed by atoms with E-state index in [1.54, 1.807) is 12.3 Å². The molecule has 0 fully saturated rings. The van der Waals surface area contributed by atoms with Crippen LogP contribution < -0.4 is 11.1 Å². The summed E-state index contributed by atoms with van der Waals surface area (Å²) in [6, 6.07) is 11.4. The van der Waals surface area contributed by atoms with E-state index in [0.29, 0.717) is 11.7 Å². The maximum absolute atomic E-state index is 5.84. The van der Waals surface area contributed by atoms with Gasteiger partial charge in [-0.1, -0.05) is 29.8 Å². The van der Waals surface area contributed by atoms with Crippen LogP contribution in [-0.4, -0.2) is 4.98 Å². The second-order valence-corrected chi connectivity index (χ2v) is 3.81. The minimum Gasteiger partial charge on any atom is -0.398 e. The minimum atomic E-state index is 0.478. The summed E-state index contributed by atoms with van der Waals surface area (Å²) in [6.07, 6.45) is 1.67. The molecule has 2 aromatic rings. The quantitative estimate of drug-likeness (QED) is 0.633. The highest BCUT2D eigenvalue weighted by molar-refractivity contribution is 6.29. The monoisotopic (exact) mass is 233 g/mol. The number of nitrogens with zero attached hydrogens (tertiary/aromatic N) is 1. The van der Waals surface area contributed by atoms with Crippen LogP contribution in [0, 0.1) is 0 Å². The van der Waals surface area contributed by atoms with Crippen molar-refractivity contribution in [2.24, 2.45) is 0 Å². The Bertz CT molecular complexity index is 485. The predicted octanol–water partition coefficient (Wildman–Crippen LogP) is 2.93. The number of nitrogens with two attached hydrogens (primary N) is 1. The third-order valence-electron chi connectivity index (χ3n) is 2.26. The van der Waals surface area contributed by atoms with Gasteiger partial charge in [0.2, 0.25) is 0 Å². The number of pyridine rings is 1. The minimum absolute atomic E-state index is 0.478. The van der Waals surface area contributed by atoms with Crippen LogP contribution in [-0.2, 0) is 6.54 Å². The highest BCUT2D eigenvalue weighted by Crippen LogP contribution is 2.15. The van der Waals surface area contributed by atoms with Crippen molar-refractivity contribution >= 4 is 23.0 Å². The lowest BCUT2D eigenvalue weighted by molar-refractivity contribution is 1.15. The third kappa shape index (κ3) is 2.64. The Labute approximate surface area is 99.3 Å². The van der Waals surface area contributed by atoms with Crippen LogP contribution in [0.5, 0.6) is 0 Å². The Hall–Kier alpha value is -1.74. The van der Waals surface area contributed by atoms with Crippen molar-refractivity contribution in [3.05, 3.63) is 53.3 Å². The second kappa shape index (κ2) is 4.86. The van der Waals surface area contributed by atoms with Crippen LogP contribution in [0.2, 0.25) is 5.15 Å². The number of anilines is 2. The molecule has 0 atom stereocenters. The fraction of sp³-hybridized carbons (Fsp3) is 0.0833. The zero-order chi connectivity index (χ0) is 11.4. The lowest BCUT2D eigenvalue weighted by Crippen LogP contribution is -2.02. The van der Waals surface area contributed by atoms with Crippen LogP contribution in [0.25, 0.3) is 0 Å². The van der Waals surface area contributed by atoms with E-state index in [0.717, 1.165) is 16.9 Å². The van der Waals surface area contributed by atoms with Crippen LogP contribution in [0.1, 0.15) is 5.56 Å². The van der Waals surface area contributed by atoms with Gasteiger partial charge in [-0.2, -0.15) is 0 Å². The predicted molar refractivity (Wildman–Crippen MR) is 67.4 cm³/mol. The molecule has 1 aromatic heterocycles. The van der Waals surface area contributed by atoms with Gasteiger partial charge in [-0.15, -0.1) is 0 Å². The molecule has 3 N–H and O–H groups in total. The molecule has 0 aliphatic heterocycles. The summed E-state index contributed by atoms with van der Waals surface area (Å²) in [4.78, 5) is 3.91. The largest absolute Gasteiger partial charge is 0.398 e. The Morgan fingerprint density at radius 1 is 1.25 bits per heavy atom. The average molecular weight is 234 g/mol. The average Bonchev–Trinajstić information content (AvgIpc) is 2.28. The van der Waals surface area contributed by atoms with Gasteiger partial charge >= 0.3 is 0 Å². The third-order valence-corrected chi connectivity index (χ3v) is 2.47. The molecule has 2 rings (SSSR count). The molecule has 16 heavy (non-hydrogen) atoms. The van der Waals surface area contributed by atoms with Crippen molar-refractivity contribution in [2.45, 2.75) is 6.54 Å². The second-order valence-electron chi connectivity index (χ2n) is 3.42.